The molecule has 2 amide bonds. The number of nitrogens with one attached hydrogen (secondary N) is 1. The predicted octanol–water partition coefficient (Wildman–Crippen LogP) is 2.23. The van der Waals surface area contributed by atoms with Crippen LogP contribution in [0.4, 0.5) is 14.5 Å². The summed E-state index contributed by atoms with van der Waals surface area (Å²) in [6.07, 6.45) is 0.449. The molecule has 0 aromatic heterocycles. The van der Waals surface area contributed by atoms with E-state index in [1.807, 2.05) is 13.8 Å². The predicted molar refractivity (Wildman–Crippen MR) is 74.7 cm³/mol. The van der Waals surface area contributed by atoms with Crippen molar-refractivity contribution in [3.63, 3.8) is 0 Å². The van der Waals surface area contributed by atoms with Gasteiger partial charge in [0.05, 0.1) is 5.69 Å². The first kappa shape index (κ1) is 15.4. The van der Waals surface area contributed by atoms with Gasteiger partial charge in [-0.25, -0.2) is 8.78 Å². The largest absolute Gasteiger partial charge is 0.342 e. The van der Waals surface area contributed by atoms with Crippen LogP contribution >= 0.6 is 0 Å². The Morgan fingerprint density at radius 1 is 1.29 bits per heavy atom. The van der Waals surface area contributed by atoms with Crippen molar-refractivity contribution in [3.05, 3.63) is 29.8 Å². The lowest BCUT2D eigenvalue weighted by Gasteiger charge is -2.38. The number of hydrogen-bond acceptors (Lipinski definition) is 2. The summed E-state index contributed by atoms with van der Waals surface area (Å²) in [6, 6.07) is 2.01. The van der Waals surface area contributed by atoms with Gasteiger partial charge in [-0.3, -0.25) is 14.5 Å². The van der Waals surface area contributed by atoms with Gasteiger partial charge in [0, 0.05) is 0 Å². The monoisotopic (exact) mass is 296 g/mol. The zero-order chi connectivity index (χ0) is 15.7. The highest BCUT2D eigenvalue weighted by atomic mass is 19.2. The summed E-state index contributed by atoms with van der Waals surface area (Å²) in [4.78, 5) is 25.5. The number of benzene rings is 1. The van der Waals surface area contributed by atoms with Crippen LogP contribution in [0, 0.1) is 17.6 Å². The van der Waals surface area contributed by atoms with Gasteiger partial charge in [0.25, 0.3) is 0 Å². The van der Waals surface area contributed by atoms with Crippen LogP contribution in [-0.2, 0) is 9.59 Å². The number of hydrogen-bond donors (Lipinski definition) is 1. The third kappa shape index (κ3) is 2.89. The van der Waals surface area contributed by atoms with Crippen LogP contribution in [0.2, 0.25) is 0 Å². The van der Waals surface area contributed by atoms with Crippen LogP contribution in [0.3, 0.4) is 0 Å². The van der Waals surface area contributed by atoms with Crippen LogP contribution < -0.4 is 10.2 Å². The second-order valence-corrected chi connectivity index (χ2v) is 5.65. The minimum Gasteiger partial charge on any atom is -0.342 e. The lowest BCUT2D eigenvalue weighted by Crippen LogP contribution is -2.63. The van der Waals surface area contributed by atoms with Crippen molar-refractivity contribution >= 4 is 17.5 Å². The van der Waals surface area contributed by atoms with Crippen molar-refractivity contribution in [1.82, 2.24) is 5.32 Å². The van der Waals surface area contributed by atoms with Gasteiger partial charge in [-0.2, -0.15) is 0 Å². The summed E-state index contributed by atoms with van der Waals surface area (Å²) < 4.78 is 27.3. The zero-order valence-corrected chi connectivity index (χ0v) is 12.2. The SMILES string of the molecule is CC(C)CC1NC(=O)C(C)N(c2cccc(F)c2F)C1=O. The number of carbonyl (C=O) groups excluding carboxylic acids is 2. The molecule has 114 valence electrons. The van der Waals surface area contributed by atoms with E-state index in [4.69, 9.17) is 0 Å². The quantitative estimate of drug-likeness (QED) is 0.930. The van der Waals surface area contributed by atoms with E-state index in [1.54, 1.807) is 0 Å². The minimum atomic E-state index is -1.12. The van der Waals surface area contributed by atoms with Crippen LogP contribution in [0.25, 0.3) is 0 Å². The summed E-state index contributed by atoms with van der Waals surface area (Å²) >= 11 is 0. The number of piperazine rings is 1. The Balaban J connectivity index is 2.41. The minimum absolute atomic E-state index is 0.187. The Labute approximate surface area is 122 Å². The first-order valence-corrected chi connectivity index (χ1v) is 6.90. The summed E-state index contributed by atoms with van der Waals surface area (Å²) in [5.74, 6) is -2.76. The molecule has 0 aliphatic carbocycles. The van der Waals surface area contributed by atoms with E-state index in [-0.39, 0.29) is 17.5 Å². The van der Waals surface area contributed by atoms with E-state index in [1.165, 1.54) is 19.1 Å². The molecule has 4 nitrogen and oxygen atoms in total. The molecule has 0 spiro atoms. The number of nitrogens with zero attached hydrogens (tertiary/aromatic N) is 1. The van der Waals surface area contributed by atoms with Crippen LogP contribution in [0.1, 0.15) is 27.2 Å². The van der Waals surface area contributed by atoms with Crippen molar-refractivity contribution in [2.45, 2.75) is 39.3 Å². The molecule has 1 N–H and O–H groups in total. The molecular formula is C15H18F2N2O2. The highest BCUT2D eigenvalue weighted by molar-refractivity contribution is 6.08. The molecule has 1 aliphatic heterocycles. The summed E-state index contributed by atoms with van der Waals surface area (Å²) in [5, 5.41) is 2.63. The molecule has 0 saturated carbocycles. The van der Waals surface area contributed by atoms with Crippen molar-refractivity contribution in [2.75, 3.05) is 4.90 Å². The molecule has 2 atom stereocenters. The molecule has 0 bridgehead atoms. The Hall–Kier alpha value is -1.98. The summed E-state index contributed by atoms with van der Waals surface area (Å²) in [5.41, 5.74) is -0.198. The van der Waals surface area contributed by atoms with Gasteiger partial charge in [0.1, 0.15) is 12.1 Å². The number of rotatable bonds is 3. The maximum absolute atomic E-state index is 13.9. The molecule has 6 heteroatoms. The molecule has 0 radical (unpaired) electrons. The molecule has 1 heterocycles. The smallest absolute Gasteiger partial charge is 0.250 e. The van der Waals surface area contributed by atoms with Crippen LogP contribution in [-0.4, -0.2) is 23.9 Å². The fourth-order valence-electron chi connectivity index (χ4n) is 2.47. The highest BCUT2D eigenvalue weighted by Gasteiger charge is 2.40. The van der Waals surface area contributed by atoms with Gasteiger partial charge >= 0.3 is 0 Å². The number of anilines is 1. The van der Waals surface area contributed by atoms with Gasteiger partial charge < -0.3 is 5.32 Å². The van der Waals surface area contributed by atoms with Crippen molar-refractivity contribution < 1.29 is 18.4 Å². The second kappa shape index (κ2) is 5.79. The fraction of sp³-hybridized carbons (Fsp3) is 0.467. The fourth-order valence-corrected chi connectivity index (χ4v) is 2.47. The standard InChI is InChI=1S/C15H18F2N2O2/c1-8(2)7-11-15(21)19(9(3)14(20)18-11)12-6-4-5-10(16)13(12)17/h4-6,8-9,11H,7H2,1-3H3,(H,18,20). The Bertz CT molecular complexity index is 575. The lowest BCUT2D eigenvalue weighted by atomic mass is 9.98. The zero-order valence-electron chi connectivity index (χ0n) is 12.2. The molecule has 1 saturated heterocycles. The number of halogens is 2. The van der Waals surface area contributed by atoms with Gasteiger partial charge in [-0.15, -0.1) is 0 Å². The Morgan fingerprint density at radius 2 is 1.95 bits per heavy atom. The Kier molecular flexibility index (Phi) is 4.25. The maximum atomic E-state index is 13.9. The Morgan fingerprint density at radius 3 is 2.57 bits per heavy atom. The average molecular weight is 296 g/mol. The first-order valence-electron chi connectivity index (χ1n) is 6.90. The first-order chi connectivity index (χ1) is 9.82. The second-order valence-electron chi connectivity index (χ2n) is 5.65. The molecule has 1 aromatic rings. The summed E-state index contributed by atoms with van der Waals surface area (Å²) in [6.45, 7) is 5.33. The van der Waals surface area contributed by atoms with E-state index in [0.29, 0.717) is 6.42 Å². The van der Waals surface area contributed by atoms with E-state index < -0.39 is 29.6 Å². The highest BCUT2D eigenvalue weighted by Crippen LogP contribution is 2.27. The van der Waals surface area contributed by atoms with Crippen molar-refractivity contribution in [3.8, 4) is 0 Å². The third-order valence-electron chi connectivity index (χ3n) is 3.52. The topological polar surface area (TPSA) is 49.4 Å². The van der Waals surface area contributed by atoms with Crippen molar-refractivity contribution in [1.29, 1.82) is 0 Å². The van der Waals surface area contributed by atoms with Gasteiger partial charge in [-0.1, -0.05) is 19.9 Å². The maximum Gasteiger partial charge on any atom is 0.250 e. The van der Waals surface area contributed by atoms with E-state index >= 15 is 0 Å². The lowest BCUT2D eigenvalue weighted by molar-refractivity contribution is -0.133. The molecule has 1 aliphatic rings. The average Bonchev–Trinajstić information content (AvgIpc) is 2.40. The number of amides is 2. The van der Waals surface area contributed by atoms with Gasteiger partial charge in [0.2, 0.25) is 11.8 Å². The van der Waals surface area contributed by atoms with Crippen LogP contribution in [0.5, 0.6) is 0 Å². The molecular weight excluding hydrogens is 278 g/mol. The van der Waals surface area contributed by atoms with Gasteiger partial charge in [0.15, 0.2) is 11.6 Å². The van der Waals surface area contributed by atoms with E-state index in [2.05, 4.69) is 5.32 Å². The summed E-state index contributed by atoms with van der Waals surface area (Å²) in [7, 11) is 0. The molecule has 1 aromatic carbocycles. The normalized spacial score (nSPS) is 22.7. The van der Waals surface area contributed by atoms with Crippen LogP contribution in [0.15, 0.2) is 18.2 Å². The third-order valence-corrected chi connectivity index (χ3v) is 3.52. The molecule has 2 unspecified atom stereocenters. The van der Waals surface area contributed by atoms with Gasteiger partial charge in [-0.05, 0) is 31.4 Å². The van der Waals surface area contributed by atoms with E-state index in [0.717, 1.165) is 11.0 Å². The van der Waals surface area contributed by atoms with Crippen molar-refractivity contribution in [2.24, 2.45) is 5.92 Å². The molecule has 21 heavy (non-hydrogen) atoms. The molecule has 1 fully saturated rings. The number of carbonyl (C=O) groups is 2. The molecule has 2 rings (SSSR count). The van der Waals surface area contributed by atoms with E-state index in [9.17, 15) is 18.4 Å².